The molecule has 7 nitrogen and oxygen atoms in total. The number of benzene rings is 1. The molecule has 1 aromatic carbocycles. The van der Waals surface area contributed by atoms with Crippen LogP contribution in [-0.2, 0) is 4.74 Å². The third kappa shape index (κ3) is 4.58. The molecule has 1 aliphatic rings. The Hall–Kier alpha value is -2.38. The van der Waals surface area contributed by atoms with Gasteiger partial charge in [-0.15, -0.1) is 0 Å². The summed E-state index contributed by atoms with van der Waals surface area (Å²) >= 11 is 0. The highest BCUT2D eigenvalue weighted by molar-refractivity contribution is 5.93. The number of carbonyl (C=O) groups is 1. The maximum atomic E-state index is 12.3. The van der Waals surface area contributed by atoms with E-state index in [1.165, 1.54) is 0 Å². The standard InChI is InChI=1S/C18H24N4O3/c1-24-17-6-3-2-5-16(17)22-14-15(13-20-22)18(23)19-7-4-8-21-9-11-25-12-10-21/h2-3,5-6,13-14H,4,7-12H2,1H3,(H,19,23). The van der Waals surface area contributed by atoms with E-state index >= 15 is 0 Å². The number of carbonyl (C=O) groups excluding carboxylic acids is 1. The maximum Gasteiger partial charge on any atom is 0.254 e. The fourth-order valence-corrected chi connectivity index (χ4v) is 2.82. The van der Waals surface area contributed by atoms with Crippen molar-refractivity contribution < 1.29 is 14.3 Å². The highest BCUT2D eigenvalue weighted by Gasteiger charge is 2.12. The Morgan fingerprint density at radius 2 is 2.12 bits per heavy atom. The Labute approximate surface area is 147 Å². The van der Waals surface area contributed by atoms with Crippen molar-refractivity contribution >= 4 is 5.91 Å². The highest BCUT2D eigenvalue weighted by Crippen LogP contribution is 2.21. The molecule has 2 aromatic rings. The number of methoxy groups -OCH3 is 1. The lowest BCUT2D eigenvalue weighted by molar-refractivity contribution is 0.0374. The molecule has 1 N–H and O–H groups in total. The lowest BCUT2D eigenvalue weighted by atomic mass is 10.3. The van der Waals surface area contributed by atoms with E-state index in [4.69, 9.17) is 9.47 Å². The van der Waals surface area contributed by atoms with E-state index in [0.717, 1.165) is 45.0 Å². The summed E-state index contributed by atoms with van der Waals surface area (Å²) in [6.45, 7) is 5.17. The van der Waals surface area contributed by atoms with Gasteiger partial charge in [-0.25, -0.2) is 4.68 Å². The zero-order chi connectivity index (χ0) is 17.5. The average molecular weight is 344 g/mol. The van der Waals surface area contributed by atoms with E-state index in [-0.39, 0.29) is 5.91 Å². The molecule has 1 amide bonds. The molecule has 0 radical (unpaired) electrons. The lowest BCUT2D eigenvalue weighted by Gasteiger charge is -2.26. The summed E-state index contributed by atoms with van der Waals surface area (Å²) in [5.41, 5.74) is 1.34. The van der Waals surface area contributed by atoms with Crippen molar-refractivity contribution in [2.75, 3.05) is 46.5 Å². The van der Waals surface area contributed by atoms with Crippen LogP contribution in [0.3, 0.4) is 0 Å². The minimum Gasteiger partial charge on any atom is -0.494 e. The van der Waals surface area contributed by atoms with Gasteiger partial charge in [-0.3, -0.25) is 9.69 Å². The molecular weight excluding hydrogens is 320 g/mol. The molecule has 0 saturated carbocycles. The molecule has 7 heteroatoms. The van der Waals surface area contributed by atoms with E-state index in [9.17, 15) is 4.79 Å². The molecule has 3 rings (SSSR count). The molecule has 1 aromatic heterocycles. The minimum absolute atomic E-state index is 0.108. The molecule has 1 aliphatic heterocycles. The predicted molar refractivity (Wildman–Crippen MR) is 94.3 cm³/mol. The van der Waals surface area contributed by atoms with Crippen LogP contribution in [0.1, 0.15) is 16.8 Å². The van der Waals surface area contributed by atoms with Crippen LogP contribution in [0.5, 0.6) is 5.75 Å². The number of nitrogens with zero attached hydrogens (tertiary/aromatic N) is 3. The minimum atomic E-state index is -0.108. The molecule has 0 spiro atoms. The first-order chi connectivity index (χ1) is 12.3. The first-order valence-electron chi connectivity index (χ1n) is 8.54. The van der Waals surface area contributed by atoms with Crippen molar-refractivity contribution in [2.24, 2.45) is 0 Å². The molecule has 25 heavy (non-hydrogen) atoms. The second kappa shape index (κ2) is 8.64. The van der Waals surface area contributed by atoms with E-state index < -0.39 is 0 Å². The Morgan fingerprint density at radius 3 is 2.92 bits per heavy atom. The van der Waals surface area contributed by atoms with Crippen molar-refractivity contribution in [1.82, 2.24) is 20.0 Å². The fourth-order valence-electron chi connectivity index (χ4n) is 2.82. The summed E-state index contributed by atoms with van der Waals surface area (Å²) < 4.78 is 12.3. The Morgan fingerprint density at radius 1 is 1.32 bits per heavy atom. The van der Waals surface area contributed by atoms with Crippen molar-refractivity contribution in [2.45, 2.75) is 6.42 Å². The third-order valence-corrected chi connectivity index (χ3v) is 4.22. The van der Waals surface area contributed by atoms with Gasteiger partial charge in [-0.1, -0.05) is 12.1 Å². The number of ether oxygens (including phenoxy) is 2. The fraction of sp³-hybridized carbons (Fsp3) is 0.444. The average Bonchev–Trinajstić information content (AvgIpc) is 3.16. The predicted octanol–water partition coefficient (Wildman–Crippen LogP) is 1.33. The summed E-state index contributed by atoms with van der Waals surface area (Å²) in [5, 5.41) is 7.22. The number of amides is 1. The van der Waals surface area contributed by atoms with Gasteiger partial charge in [0.15, 0.2) is 0 Å². The molecule has 0 bridgehead atoms. The van der Waals surface area contributed by atoms with Crippen LogP contribution in [0.15, 0.2) is 36.7 Å². The van der Waals surface area contributed by atoms with Gasteiger partial charge in [0.25, 0.3) is 5.91 Å². The molecule has 2 heterocycles. The van der Waals surface area contributed by atoms with Gasteiger partial charge in [-0.05, 0) is 25.1 Å². The summed E-state index contributed by atoms with van der Waals surface area (Å²) in [5.74, 6) is 0.603. The quantitative estimate of drug-likeness (QED) is 0.768. The van der Waals surface area contributed by atoms with Gasteiger partial charge in [0.05, 0.1) is 32.1 Å². The second-order valence-corrected chi connectivity index (χ2v) is 5.91. The van der Waals surface area contributed by atoms with E-state index in [1.807, 2.05) is 24.3 Å². The smallest absolute Gasteiger partial charge is 0.254 e. The first-order valence-corrected chi connectivity index (χ1v) is 8.54. The van der Waals surface area contributed by atoms with Gasteiger partial charge in [0.2, 0.25) is 0 Å². The largest absolute Gasteiger partial charge is 0.494 e. The van der Waals surface area contributed by atoms with E-state index in [0.29, 0.717) is 17.9 Å². The molecule has 0 atom stereocenters. The van der Waals surface area contributed by atoms with Gasteiger partial charge in [0, 0.05) is 25.8 Å². The van der Waals surface area contributed by atoms with Crippen LogP contribution in [-0.4, -0.2) is 67.1 Å². The zero-order valence-corrected chi connectivity index (χ0v) is 14.5. The molecular formula is C18H24N4O3. The zero-order valence-electron chi connectivity index (χ0n) is 14.5. The first kappa shape index (κ1) is 17.4. The number of para-hydroxylation sites is 2. The number of aromatic nitrogens is 2. The van der Waals surface area contributed by atoms with Crippen molar-refractivity contribution in [1.29, 1.82) is 0 Å². The molecule has 1 saturated heterocycles. The maximum absolute atomic E-state index is 12.3. The number of nitrogens with one attached hydrogen (secondary N) is 1. The SMILES string of the molecule is COc1ccccc1-n1cc(C(=O)NCCCN2CCOCC2)cn1. The summed E-state index contributed by atoms with van der Waals surface area (Å²) in [7, 11) is 1.62. The number of rotatable bonds is 7. The van der Waals surface area contributed by atoms with Crippen molar-refractivity contribution in [3.8, 4) is 11.4 Å². The van der Waals surface area contributed by atoms with E-state index in [2.05, 4.69) is 15.3 Å². The van der Waals surface area contributed by atoms with Gasteiger partial charge < -0.3 is 14.8 Å². The Kier molecular flexibility index (Phi) is 6.03. The van der Waals surface area contributed by atoms with Crippen LogP contribution in [0.4, 0.5) is 0 Å². The molecule has 0 unspecified atom stereocenters. The topological polar surface area (TPSA) is 68.6 Å². The van der Waals surface area contributed by atoms with Crippen molar-refractivity contribution in [3.63, 3.8) is 0 Å². The number of hydrogen-bond donors (Lipinski definition) is 1. The van der Waals surface area contributed by atoms with Crippen LogP contribution < -0.4 is 10.1 Å². The Bertz CT molecular complexity index is 695. The Balaban J connectivity index is 1.50. The monoisotopic (exact) mass is 344 g/mol. The summed E-state index contributed by atoms with van der Waals surface area (Å²) in [4.78, 5) is 14.6. The third-order valence-electron chi connectivity index (χ3n) is 4.22. The van der Waals surface area contributed by atoms with Gasteiger partial charge >= 0.3 is 0 Å². The molecule has 134 valence electrons. The summed E-state index contributed by atoms with van der Waals surface area (Å²) in [6, 6.07) is 7.57. The number of hydrogen-bond acceptors (Lipinski definition) is 5. The van der Waals surface area contributed by atoms with Gasteiger partial charge in [-0.2, -0.15) is 5.10 Å². The van der Waals surface area contributed by atoms with Crippen LogP contribution in [0, 0.1) is 0 Å². The van der Waals surface area contributed by atoms with Crippen LogP contribution in [0.2, 0.25) is 0 Å². The van der Waals surface area contributed by atoms with Crippen LogP contribution in [0.25, 0.3) is 5.69 Å². The van der Waals surface area contributed by atoms with Crippen molar-refractivity contribution in [3.05, 3.63) is 42.2 Å². The van der Waals surface area contributed by atoms with E-state index in [1.54, 1.807) is 24.2 Å². The van der Waals surface area contributed by atoms with Gasteiger partial charge in [0.1, 0.15) is 11.4 Å². The lowest BCUT2D eigenvalue weighted by Crippen LogP contribution is -2.38. The number of morpholine rings is 1. The second-order valence-electron chi connectivity index (χ2n) is 5.91. The molecule has 0 aliphatic carbocycles. The summed E-state index contributed by atoms with van der Waals surface area (Å²) in [6.07, 6.45) is 4.21. The highest BCUT2D eigenvalue weighted by atomic mass is 16.5. The molecule has 1 fully saturated rings. The van der Waals surface area contributed by atoms with Crippen LogP contribution >= 0.6 is 0 Å². The normalized spacial score (nSPS) is 15.1.